The molecular weight excluding hydrogens is 643 g/mol. The van der Waals surface area contributed by atoms with Gasteiger partial charge in [0.2, 0.25) is 5.91 Å². The van der Waals surface area contributed by atoms with Crippen LogP contribution in [0.2, 0.25) is 0 Å². The van der Waals surface area contributed by atoms with Crippen LogP contribution in [-0.2, 0) is 11.2 Å². The third-order valence-corrected chi connectivity index (χ3v) is 10.0. The second kappa shape index (κ2) is 16.0. The van der Waals surface area contributed by atoms with Crippen molar-refractivity contribution in [3.8, 4) is 0 Å². The van der Waals surface area contributed by atoms with Gasteiger partial charge in [-0.1, -0.05) is 44.2 Å². The lowest BCUT2D eigenvalue weighted by atomic mass is 10.0. The van der Waals surface area contributed by atoms with Crippen LogP contribution in [0, 0.1) is 5.92 Å². The molecular formula is C32H37N7O4S3. The van der Waals surface area contributed by atoms with Crippen LogP contribution in [0.4, 0.5) is 0 Å². The number of fused-ring (bicyclic) bond motifs is 4. The third kappa shape index (κ3) is 9.04. The van der Waals surface area contributed by atoms with Crippen LogP contribution < -0.4 is 16.0 Å². The molecule has 14 heteroatoms. The first-order chi connectivity index (χ1) is 22.3. The van der Waals surface area contributed by atoms with Gasteiger partial charge in [-0.3, -0.25) is 19.2 Å². The summed E-state index contributed by atoms with van der Waals surface area (Å²) in [5, 5.41) is 13.8. The van der Waals surface area contributed by atoms with Crippen molar-refractivity contribution in [2.45, 2.75) is 58.0 Å². The Bertz CT molecular complexity index is 1620. The van der Waals surface area contributed by atoms with E-state index in [4.69, 9.17) is 0 Å². The molecule has 3 N–H and O–H groups in total. The van der Waals surface area contributed by atoms with Crippen LogP contribution in [0.25, 0.3) is 0 Å². The first-order valence-corrected chi connectivity index (χ1v) is 17.8. The summed E-state index contributed by atoms with van der Waals surface area (Å²) in [6.45, 7) is 5.28. The Morgan fingerprint density at radius 1 is 0.913 bits per heavy atom. The van der Waals surface area contributed by atoms with E-state index in [1.165, 1.54) is 22.7 Å². The van der Waals surface area contributed by atoms with Gasteiger partial charge >= 0.3 is 0 Å². The van der Waals surface area contributed by atoms with E-state index in [0.29, 0.717) is 60.2 Å². The summed E-state index contributed by atoms with van der Waals surface area (Å²) >= 11 is 3.79. The molecule has 4 heterocycles. The zero-order chi connectivity index (χ0) is 32.5. The van der Waals surface area contributed by atoms with E-state index in [2.05, 4.69) is 44.1 Å². The van der Waals surface area contributed by atoms with Crippen molar-refractivity contribution < 1.29 is 19.2 Å². The SMILES string of the molecule is CC(C)C[C@@H]1NC(=O)CCCN(C(=O)c2ccns2)CCCNC(=O)c2csc(n2)[C@H](Cc2ccccc2)NC(=O)c2csc1n2. The average Bonchev–Trinajstić information content (AvgIpc) is 3.83. The van der Waals surface area contributed by atoms with Gasteiger partial charge in [-0.15, -0.1) is 22.7 Å². The number of carbonyl (C=O) groups excluding carboxylic acids is 4. The van der Waals surface area contributed by atoms with Gasteiger partial charge in [0.05, 0.1) is 12.1 Å². The van der Waals surface area contributed by atoms with Crippen LogP contribution in [0.1, 0.15) is 97.8 Å². The molecule has 0 aliphatic carbocycles. The highest BCUT2D eigenvalue weighted by molar-refractivity contribution is 7.10. The molecule has 1 aliphatic heterocycles. The molecule has 0 fully saturated rings. The van der Waals surface area contributed by atoms with Gasteiger partial charge in [-0.05, 0) is 54.8 Å². The predicted molar refractivity (Wildman–Crippen MR) is 179 cm³/mol. The number of hydrogen-bond acceptors (Lipinski definition) is 10. The molecule has 0 spiro atoms. The van der Waals surface area contributed by atoms with Gasteiger partial charge in [0.1, 0.15) is 26.3 Å². The maximum atomic E-state index is 13.5. The van der Waals surface area contributed by atoms with Gasteiger partial charge in [-0.25, -0.2) is 14.3 Å². The van der Waals surface area contributed by atoms with Crippen molar-refractivity contribution in [1.29, 1.82) is 0 Å². The monoisotopic (exact) mass is 679 g/mol. The molecule has 242 valence electrons. The van der Waals surface area contributed by atoms with Crippen molar-refractivity contribution in [1.82, 2.24) is 35.2 Å². The molecule has 4 aromatic rings. The second-order valence-corrected chi connectivity index (χ2v) is 14.1. The van der Waals surface area contributed by atoms with Crippen molar-refractivity contribution in [3.05, 3.63) is 85.2 Å². The number of nitrogens with zero attached hydrogens (tertiary/aromatic N) is 4. The highest BCUT2D eigenvalue weighted by Gasteiger charge is 2.26. The quantitative estimate of drug-likeness (QED) is 0.268. The van der Waals surface area contributed by atoms with E-state index in [9.17, 15) is 19.2 Å². The molecule has 1 aromatic carbocycles. The molecule has 46 heavy (non-hydrogen) atoms. The Hall–Kier alpha value is -4.01. The third-order valence-electron chi connectivity index (χ3n) is 7.39. The lowest BCUT2D eigenvalue weighted by Gasteiger charge is -2.23. The molecule has 3 aromatic heterocycles. The largest absolute Gasteiger partial charge is 0.351 e. The number of hydrogen-bond donors (Lipinski definition) is 3. The summed E-state index contributed by atoms with van der Waals surface area (Å²) < 4.78 is 4.06. The maximum absolute atomic E-state index is 13.5. The number of benzene rings is 1. The highest BCUT2D eigenvalue weighted by Crippen LogP contribution is 2.27. The fourth-order valence-corrected chi connectivity index (χ4v) is 7.41. The standard InChI is InChI=1S/C32H37N7O4S3/c1-20(2)16-22-30-38-25(19-45-30)29(42)36-23(17-21-8-4-3-5-9-21)31-37-24(18-44-31)28(41)33-12-7-15-39(14-6-10-27(40)35-22)32(43)26-11-13-34-46-26/h3-5,8-9,11,13,18-20,22-23H,6-7,10,12,14-17H2,1-2H3,(H,33,41)(H,35,40)(H,36,42)/t22-,23-/m0/s1. The molecule has 0 radical (unpaired) electrons. The molecule has 0 saturated heterocycles. The van der Waals surface area contributed by atoms with Gasteiger partial charge in [0.25, 0.3) is 17.7 Å². The number of rotatable bonds is 5. The zero-order valence-corrected chi connectivity index (χ0v) is 28.2. The molecule has 5 rings (SSSR count). The molecule has 4 amide bonds. The van der Waals surface area contributed by atoms with Gasteiger partial charge in [0.15, 0.2) is 0 Å². The zero-order valence-electron chi connectivity index (χ0n) is 25.7. The minimum absolute atomic E-state index is 0.141. The topological polar surface area (TPSA) is 146 Å². The summed E-state index contributed by atoms with van der Waals surface area (Å²) in [5.41, 5.74) is 1.54. The molecule has 11 nitrogen and oxygen atoms in total. The molecule has 4 bridgehead atoms. The number of carbonyl (C=O) groups is 4. The van der Waals surface area contributed by atoms with Crippen LogP contribution in [0.3, 0.4) is 0 Å². The first-order valence-electron chi connectivity index (χ1n) is 15.3. The van der Waals surface area contributed by atoms with E-state index < -0.39 is 6.04 Å². The number of nitrogens with one attached hydrogen (secondary N) is 3. The van der Waals surface area contributed by atoms with E-state index in [-0.39, 0.29) is 53.4 Å². The van der Waals surface area contributed by atoms with Crippen molar-refractivity contribution >= 4 is 57.8 Å². The Labute approximate surface area is 280 Å². The number of aromatic nitrogens is 3. The Kier molecular flexibility index (Phi) is 11.6. The smallest absolute Gasteiger partial charge is 0.271 e. The van der Waals surface area contributed by atoms with Gasteiger partial charge < -0.3 is 20.9 Å². The normalized spacial score (nSPS) is 18.8. The lowest BCUT2D eigenvalue weighted by Crippen LogP contribution is -2.36. The van der Waals surface area contributed by atoms with Crippen LogP contribution >= 0.6 is 34.2 Å². The van der Waals surface area contributed by atoms with E-state index in [1.807, 2.05) is 30.3 Å². The molecule has 1 aliphatic rings. The fraction of sp³-hybridized carbons (Fsp3) is 0.406. The van der Waals surface area contributed by atoms with Gasteiger partial charge in [-0.2, -0.15) is 0 Å². The molecule has 2 atom stereocenters. The summed E-state index contributed by atoms with van der Waals surface area (Å²) in [6, 6.07) is 10.6. The Morgan fingerprint density at radius 2 is 1.61 bits per heavy atom. The van der Waals surface area contributed by atoms with E-state index in [0.717, 1.165) is 17.1 Å². The summed E-state index contributed by atoms with van der Waals surface area (Å²) in [5.74, 6) is -0.686. The Morgan fingerprint density at radius 3 is 2.30 bits per heavy atom. The van der Waals surface area contributed by atoms with Gasteiger partial charge in [0, 0.05) is 43.0 Å². The predicted octanol–water partition coefficient (Wildman–Crippen LogP) is 5.03. The van der Waals surface area contributed by atoms with Crippen molar-refractivity contribution in [2.75, 3.05) is 19.6 Å². The molecule has 0 unspecified atom stereocenters. The maximum Gasteiger partial charge on any atom is 0.271 e. The minimum atomic E-state index is -0.488. The highest BCUT2D eigenvalue weighted by atomic mass is 32.1. The number of thiazole rings is 2. The average molecular weight is 680 g/mol. The van der Waals surface area contributed by atoms with Crippen LogP contribution in [0.5, 0.6) is 0 Å². The summed E-state index contributed by atoms with van der Waals surface area (Å²) in [7, 11) is 0. The van der Waals surface area contributed by atoms with E-state index >= 15 is 0 Å². The van der Waals surface area contributed by atoms with Crippen LogP contribution in [0.15, 0.2) is 53.4 Å². The van der Waals surface area contributed by atoms with E-state index in [1.54, 1.807) is 27.9 Å². The summed E-state index contributed by atoms with van der Waals surface area (Å²) in [6.07, 6.45) is 3.95. The number of amides is 4. The Balaban J connectivity index is 1.41. The van der Waals surface area contributed by atoms with Crippen molar-refractivity contribution in [2.24, 2.45) is 5.92 Å². The van der Waals surface area contributed by atoms with Crippen LogP contribution in [-0.4, -0.2) is 62.5 Å². The van der Waals surface area contributed by atoms with Crippen molar-refractivity contribution in [3.63, 3.8) is 0 Å². The molecule has 0 saturated carbocycles. The first kappa shape index (κ1) is 33.4. The fourth-order valence-electron chi connectivity index (χ4n) is 5.14. The minimum Gasteiger partial charge on any atom is -0.351 e. The summed E-state index contributed by atoms with van der Waals surface area (Å²) in [4.78, 5) is 64.3. The lowest BCUT2D eigenvalue weighted by molar-refractivity contribution is -0.122. The second-order valence-electron chi connectivity index (χ2n) is 11.5.